The largest absolute Gasteiger partial charge is 0.462 e. The monoisotopic (exact) mass is 419 g/mol. The molecular formula is C24H25N3O4. The molecule has 3 rings (SSSR count). The first-order chi connectivity index (χ1) is 14.9. The van der Waals surface area contributed by atoms with Gasteiger partial charge in [-0.25, -0.2) is 4.79 Å². The van der Waals surface area contributed by atoms with Crippen LogP contribution in [0.4, 0.5) is 11.4 Å². The quantitative estimate of drug-likeness (QED) is 0.438. The van der Waals surface area contributed by atoms with Gasteiger partial charge >= 0.3 is 5.97 Å². The molecule has 1 atom stereocenters. The Kier molecular flexibility index (Phi) is 6.40. The topological polar surface area (TPSA) is 136 Å². The first-order valence-electron chi connectivity index (χ1n) is 10.4. The number of nitriles is 1. The average Bonchev–Trinajstić information content (AvgIpc) is 2.78. The zero-order valence-electron chi connectivity index (χ0n) is 17.7. The third-order valence-electron chi connectivity index (χ3n) is 5.76. The maximum absolute atomic E-state index is 13.1. The van der Waals surface area contributed by atoms with E-state index in [1.54, 1.807) is 12.1 Å². The summed E-state index contributed by atoms with van der Waals surface area (Å²) in [5, 5.41) is 9.67. The highest BCUT2D eigenvalue weighted by Crippen LogP contribution is 2.39. The van der Waals surface area contributed by atoms with E-state index in [2.05, 4.69) is 6.92 Å². The van der Waals surface area contributed by atoms with Gasteiger partial charge in [-0.15, -0.1) is 0 Å². The number of benzene rings is 2. The van der Waals surface area contributed by atoms with Crippen molar-refractivity contribution in [2.45, 2.75) is 39.5 Å². The molecule has 2 aromatic rings. The summed E-state index contributed by atoms with van der Waals surface area (Å²) in [5.41, 5.74) is 11.4. The van der Waals surface area contributed by atoms with Crippen molar-refractivity contribution in [1.82, 2.24) is 0 Å². The average molecular weight is 419 g/mol. The molecule has 1 unspecified atom stereocenters. The van der Waals surface area contributed by atoms with Crippen molar-refractivity contribution in [3.05, 3.63) is 57.6 Å². The fourth-order valence-corrected chi connectivity index (χ4v) is 3.90. The summed E-state index contributed by atoms with van der Waals surface area (Å²) < 4.78 is 5.46. The smallest absolute Gasteiger partial charge is 0.341 e. The first-order valence-corrected chi connectivity index (χ1v) is 10.4. The van der Waals surface area contributed by atoms with Crippen LogP contribution in [-0.2, 0) is 4.74 Å². The summed E-state index contributed by atoms with van der Waals surface area (Å²) in [5.74, 6) is -1.66. The third kappa shape index (κ3) is 3.77. The number of esters is 1. The van der Waals surface area contributed by atoms with Crippen molar-refractivity contribution < 1.29 is 19.1 Å². The van der Waals surface area contributed by atoms with Crippen molar-refractivity contribution in [3.63, 3.8) is 0 Å². The van der Waals surface area contributed by atoms with Crippen LogP contribution in [0.3, 0.4) is 0 Å². The molecule has 0 fully saturated rings. The van der Waals surface area contributed by atoms with Crippen molar-refractivity contribution in [1.29, 1.82) is 5.26 Å². The molecule has 0 aliphatic heterocycles. The highest BCUT2D eigenvalue weighted by atomic mass is 16.5. The Labute approximate surface area is 181 Å². The molecular weight excluding hydrogens is 394 g/mol. The summed E-state index contributed by atoms with van der Waals surface area (Å²) in [4.78, 5) is 39.0. The molecule has 0 saturated carbocycles. The normalized spacial score (nSPS) is 13.2. The molecule has 7 nitrogen and oxygen atoms in total. The second kappa shape index (κ2) is 9.00. The minimum atomic E-state index is -0.822. The molecule has 0 heterocycles. The molecule has 1 aliphatic carbocycles. The lowest BCUT2D eigenvalue weighted by molar-refractivity contribution is 0.0429. The number of anilines is 2. The van der Waals surface area contributed by atoms with Crippen LogP contribution in [0.2, 0.25) is 0 Å². The molecule has 0 bridgehead atoms. The molecule has 160 valence electrons. The van der Waals surface area contributed by atoms with Gasteiger partial charge in [-0.2, -0.15) is 5.26 Å². The zero-order chi connectivity index (χ0) is 22.7. The van der Waals surface area contributed by atoms with Crippen LogP contribution >= 0.6 is 0 Å². The van der Waals surface area contributed by atoms with Gasteiger partial charge in [-0.3, -0.25) is 9.59 Å². The van der Waals surface area contributed by atoms with E-state index < -0.39 is 17.5 Å². The number of nitrogen functional groups attached to an aromatic ring is 2. The molecule has 7 heteroatoms. The van der Waals surface area contributed by atoms with Crippen LogP contribution in [0, 0.1) is 17.2 Å². The van der Waals surface area contributed by atoms with Crippen molar-refractivity contribution in [2.75, 3.05) is 18.1 Å². The number of nitrogens with two attached hydrogens (primary N) is 2. The fraction of sp³-hybridized carbons (Fsp3) is 0.333. The molecule has 0 spiro atoms. The molecule has 31 heavy (non-hydrogen) atoms. The van der Waals surface area contributed by atoms with E-state index in [-0.39, 0.29) is 57.3 Å². The lowest BCUT2D eigenvalue weighted by Gasteiger charge is -2.23. The summed E-state index contributed by atoms with van der Waals surface area (Å²) in [6, 6.07) is 8.16. The molecule has 1 aliphatic rings. The second-order valence-corrected chi connectivity index (χ2v) is 7.66. The number of rotatable bonds is 7. The molecule has 0 saturated heterocycles. The van der Waals surface area contributed by atoms with E-state index in [1.807, 2.05) is 13.0 Å². The Bertz CT molecular complexity index is 1110. The molecule has 2 aromatic carbocycles. The SMILES string of the molecule is CCCCC(CC)COC(=O)c1c(N)c2c(c(N)c1C#N)C(=O)c1ccccc1C2=O. The molecule has 0 radical (unpaired) electrons. The van der Waals surface area contributed by atoms with Gasteiger partial charge in [0.25, 0.3) is 0 Å². The van der Waals surface area contributed by atoms with E-state index in [9.17, 15) is 19.6 Å². The second-order valence-electron chi connectivity index (χ2n) is 7.66. The predicted molar refractivity (Wildman–Crippen MR) is 117 cm³/mol. The van der Waals surface area contributed by atoms with E-state index >= 15 is 0 Å². The number of fused-ring (bicyclic) bond motifs is 2. The van der Waals surface area contributed by atoms with Crippen molar-refractivity contribution in [3.8, 4) is 6.07 Å². The Morgan fingerprint density at radius 3 is 2.16 bits per heavy atom. The van der Waals surface area contributed by atoms with Gasteiger partial charge in [0.05, 0.1) is 34.7 Å². The van der Waals surface area contributed by atoms with Gasteiger partial charge in [0, 0.05) is 11.1 Å². The van der Waals surface area contributed by atoms with Crippen LogP contribution < -0.4 is 11.5 Å². The third-order valence-corrected chi connectivity index (χ3v) is 5.76. The fourth-order valence-electron chi connectivity index (χ4n) is 3.90. The van der Waals surface area contributed by atoms with E-state index in [4.69, 9.17) is 16.2 Å². The van der Waals surface area contributed by atoms with Crippen molar-refractivity contribution in [2.24, 2.45) is 5.92 Å². The predicted octanol–water partition coefficient (Wildman–Crippen LogP) is 3.87. The Morgan fingerprint density at radius 1 is 1.06 bits per heavy atom. The summed E-state index contributed by atoms with van der Waals surface area (Å²) in [7, 11) is 0. The number of ether oxygens (including phenoxy) is 1. The minimum Gasteiger partial charge on any atom is -0.462 e. The number of hydrogen-bond donors (Lipinski definition) is 2. The lowest BCUT2D eigenvalue weighted by atomic mass is 9.80. The summed E-state index contributed by atoms with van der Waals surface area (Å²) in [6.07, 6.45) is 3.80. The van der Waals surface area contributed by atoms with Crippen LogP contribution in [0.5, 0.6) is 0 Å². The van der Waals surface area contributed by atoms with Gasteiger partial charge in [0.1, 0.15) is 11.6 Å². The highest BCUT2D eigenvalue weighted by Gasteiger charge is 2.37. The van der Waals surface area contributed by atoms with E-state index in [0.29, 0.717) is 0 Å². The van der Waals surface area contributed by atoms with Gasteiger partial charge in [0.15, 0.2) is 11.6 Å². The first kappa shape index (κ1) is 22.0. The Balaban J connectivity index is 2.07. The van der Waals surface area contributed by atoms with E-state index in [1.165, 1.54) is 12.1 Å². The number of unbranched alkanes of at least 4 members (excludes halogenated alkanes) is 1. The van der Waals surface area contributed by atoms with Crippen LogP contribution in [0.15, 0.2) is 24.3 Å². The van der Waals surface area contributed by atoms with E-state index in [0.717, 1.165) is 25.7 Å². The van der Waals surface area contributed by atoms with Crippen molar-refractivity contribution >= 4 is 28.9 Å². The Morgan fingerprint density at radius 2 is 1.65 bits per heavy atom. The summed E-state index contributed by atoms with van der Waals surface area (Å²) in [6.45, 7) is 4.28. The lowest BCUT2D eigenvalue weighted by Crippen LogP contribution is -2.27. The van der Waals surface area contributed by atoms with Crippen LogP contribution in [0.1, 0.15) is 87.3 Å². The maximum Gasteiger partial charge on any atom is 0.341 e. The number of nitrogens with zero attached hydrogens (tertiary/aromatic N) is 1. The van der Waals surface area contributed by atoms with Gasteiger partial charge < -0.3 is 16.2 Å². The van der Waals surface area contributed by atoms with Gasteiger partial charge in [-0.1, -0.05) is 57.4 Å². The van der Waals surface area contributed by atoms with Crippen LogP contribution in [0.25, 0.3) is 0 Å². The van der Waals surface area contributed by atoms with Crippen LogP contribution in [-0.4, -0.2) is 24.1 Å². The number of hydrogen-bond acceptors (Lipinski definition) is 7. The van der Waals surface area contributed by atoms with Gasteiger partial charge in [0.2, 0.25) is 0 Å². The number of carbonyl (C=O) groups excluding carboxylic acids is 3. The minimum absolute atomic E-state index is 0.135. The number of ketones is 2. The number of carbonyl (C=O) groups is 3. The standard InChI is InChI=1S/C24H25N3O4/c1-3-5-8-13(4-2)12-31-24(30)17-16(11-25)20(26)18-19(21(17)27)23(29)15-10-7-6-9-14(15)22(18)28/h6-7,9-10,13H,3-5,8,12,26-27H2,1-2H3. The molecule has 4 N–H and O–H groups in total. The van der Waals surface area contributed by atoms with Gasteiger partial charge in [-0.05, 0) is 12.3 Å². The Hall–Kier alpha value is -3.66. The maximum atomic E-state index is 13.1. The molecule has 0 aromatic heterocycles. The highest BCUT2D eigenvalue weighted by molar-refractivity contribution is 6.33. The summed E-state index contributed by atoms with van der Waals surface area (Å²) >= 11 is 0. The zero-order valence-corrected chi connectivity index (χ0v) is 17.7. The molecule has 0 amide bonds.